The van der Waals surface area contributed by atoms with E-state index in [2.05, 4.69) is 4.98 Å². The number of pyridine rings is 1. The number of hydrogen-bond acceptors (Lipinski definition) is 7. The van der Waals surface area contributed by atoms with Crippen molar-refractivity contribution in [3.63, 3.8) is 0 Å². The lowest BCUT2D eigenvalue weighted by molar-refractivity contribution is -0.385. The molecule has 0 fully saturated rings. The van der Waals surface area contributed by atoms with Crippen molar-refractivity contribution < 1.29 is 23.9 Å². The second kappa shape index (κ2) is 9.50. The summed E-state index contributed by atoms with van der Waals surface area (Å²) in [5.74, 6) is 0.441. The molecule has 2 rings (SSSR count). The normalized spacial score (nSPS) is 10.9. The van der Waals surface area contributed by atoms with Gasteiger partial charge in [0.1, 0.15) is 6.20 Å². The Balaban J connectivity index is 2.49. The molecule has 0 saturated heterocycles. The third-order valence-corrected chi connectivity index (χ3v) is 3.61. The second-order valence-electron chi connectivity index (χ2n) is 5.98. The van der Waals surface area contributed by atoms with Crippen LogP contribution in [0, 0.1) is 10.1 Å². The van der Waals surface area contributed by atoms with Gasteiger partial charge in [-0.2, -0.15) is 0 Å². The molecule has 0 unspecified atom stereocenters. The molecule has 1 aromatic carbocycles. The number of carbonyl (C=O) groups is 1. The van der Waals surface area contributed by atoms with Crippen LogP contribution in [-0.2, 0) is 4.74 Å². The molecule has 0 aliphatic rings. The van der Waals surface area contributed by atoms with Gasteiger partial charge in [0.15, 0.2) is 11.5 Å². The summed E-state index contributed by atoms with van der Waals surface area (Å²) in [4.78, 5) is 26.6. The quantitative estimate of drug-likeness (QED) is 0.382. The first-order valence-corrected chi connectivity index (χ1v) is 8.70. The zero-order valence-corrected chi connectivity index (χ0v) is 16.2. The number of hydrogen-bond donors (Lipinski definition) is 0. The van der Waals surface area contributed by atoms with E-state index in [4.69, 9.17) is 14.2 Å². The third-order valence-electron chi connectivity index (χ3n) is 3.61. The molecule has 1 aromatic heterocycles. The Hall–Kier alpha value is -3.42. The summed E-state index contributed by atoms with van der Waals surface area (Å²) in [5, 5.41) is 11.0. The van der Waals surface area contributed by atoms with Gasteiger partial charge in [-0.1, -0.05) is 12.1 Å². The van der Waals surface area contributed by atoms with Gasteiger partial charge in [-0.3, -0.25) is 10.1 Å². The minimum Gasteiger partial charge on any atom is -0.493 e. The number of aromatic nitrogens is 1. The predicted molar refractivity (Wildman–Crippen MR) is 105 cm³/mol. The van der Waals surface area contributed by atoms with E-state index >= 15 is 0 Å². The van der Waals surface area contributed by atoms with Gasteiger partial charge in [0.2, 0.25) is 0 Å². The first-order valence-electron chi connectivity index (χ1n) is 8.70. The summed E-state index contributed by atoms with van der Waals surface area (Å²) in [7, 11) is 1.55. The number of carbonyl (C=O) groups excluding carboxylic acids is 1. The number of methoxy groups -OCH3 is 1. The molecule has 1 heterocycles. The Labute approximate surface area is 162 Å². The Morgan fingerprint density at radius 2 is 2.07 bits per heavy atom. The molecule has 8 nitrogen and oxygen atoms in total. The number of ether oxygens (including phenoxy) is 3. The van der Waals surface area contributed by atoms with Crippen molar-refractivity contribution >= 4 is 23.8 Å². The zero-order chi connectivity index (χ0) is 20.7. The van der Waals surface area contributed by atoms with E-state index in [9.17, 15) is 14.9 Å². The summed E-state index contributed by atoms with van der Waals surface area (Å²) in [6.07, 6.45) is 4.31. The van der Waals surface area contributed by atoms with Crippen LogP contribution in [-0.4, -0.2) is 35.7 Å². The zero-order valence-electron chi connectivity index (χ0n) is 16.2. The average molecular weight is 386 g/mol. The molecule has 0 atom stereocenters. The fraction of sp³-hybridized carbons (Fsp3) is 0.300. The summed E-state index contributed by atoms with van der Waals surface area (Å²) < 4.78 is 16.2. The van der Waals surface area contributed by atoms with E-state index in [0.717, 1.165) is 12.3 Å². The second-order valence-corrected chi connectivity index (χ2v) is 5.98. The molecule has 0 amide bonds. The fourth-order valence-electron chi connectivity index (χ4n) is 2.42. The van der Waals surface area contributed by atoms with Crippen LogP contribution in [0.5, 0.6) is 11.5 Å². The highest BCUT2D eigenvalue weighted by Gasteiger charge is 2.18. The lowest BCUT2D eigenvalue weighted by Gasteiger charge is -2.15. The first kappa shape index (κ1) is 20.9. The molecule has 0 radical (unpaired) electrons. The molecule has 0 spiro atoms. The Morgan fingerprint density at radius 1 is 1.32 bits per heavy atom. The molecule has 0 aliphatic carbocycles. The van der Waals surface area contributed by atoms with Gasteiger partial charge in [0.05, 0.1) is 36.0 Å². The van der Waals surface area contributed by atoms with Crippen molar-refractivity contribution in [2.24, 2.45) is 0 Å². The SMILES string of the molecule is CCOC(=O)c1cc([N+](=O)[O-])cnc1/C=C/c1cccc(OC)c1OC(C)C. The summed E-state index contributed by atoms with van der Waals surface area (Å²) in [5.41, 5.74) is 0.692. The summed E-state index contributed by atoms with van der Waals surface area (Å²) in [6.45, 7) is 5.60. The van der Waals surface area contributed by atoms with Gasteiger partial charge >= 0.3 is 5.97 Å². The van der Waals surface area contributed by atoms with E-state index < -0.39 is 10.9 Å². The van der Waals surface area contributed by atoms with Gasteiger partial charge in [0.25, 0.3) is 5.69 Å². The van der Waals surface area contributed by atoms with Crippen LogP contribution in [0.4, 0.5) is 5.69 Å². The Morgan fingerprint density at radius 3 is 2.68 bits per heavy atom. The highest BCUT2D eigenvalue weighted by Crippen LogP contribution is 2.33. The number of benzene rings is 1. The highest BCUT2D eigenvalue weighted by atomic mass is 16.6. The lowest BCUT2D eigenvalue weighted by Crippen LogP contribution is -2.09. The van der Waals surface area contributed by atoms with Crippen LogP contribution >= 0.6 is 0 Å². The summed E-state index contributed by atoms with van der Waals surface area (Å²) in [6, 6.07) is 6.57. The van der Waals surface area contributed by atoms with Crippen molar-refractivity contribution in [3.05, 3.63) is 57.4 Å². The Bertz CT molecular complexity index is 892. The topological polar surface area (TPSA) is 101 Å². The van der Waals surface area contributed by atoms with E-state index in [0.29, 0.717) is 17.1 Å². The van der Waals surface area contributed by atoms with Crippen molar-refractivity contribution in [2.75, 3.05) is 13.7 Å². The molecule has 148 valence electrons. The molecular formula is C20H22N2O6. The van der Waals surface area contributed by atoms with E-state index in [1.165, 1.54) is 0 Å². The number of nitro groups is 1. The number of para-hydroxylation sites is 1. The first-order chi connectivity index (χ1) is 13.4. The van der Waals surface area contributed by atoms with Crippen LogP contribution in [0.2, 0.25) is 0 Å². The largest absolute Gasteiger partial charge is 0.493 e. The minimum absolute atomic E-state index is 0.0153. The van der Waals surface area contributed by atoms with Crippen molar-refractivity contribution in [3.8, 4) is 11.5 Å². The molecule has 0 N–H and O–H groups in total. The van der Waals surface area contributed by atoms with Crippen molar-refractivity contribution in [1.29, 1.82) is 0 Å². The highest BCUT2D eigenvalue weighted by molar-refractivity contribution is 5.94. The predicted octanol–water partition coefficient (Wildman–Crippen LogP) is 4.13. The lowest BCUT2D eigenvalue weighted by atomic mass is 10.1. The minimum atomic E-state index is -0.678. The molecule has 0 bridgehead atoms. The van der Waals surface area contributed by atoms with Gasteiger partial charge in [-0.05, 0) is 39.0 Å². The van der Waals surface area contributed by atoms with E-state index in [1.807, 2.05) is 19.9 Å². The number of rotatable bonds is 8. The molecule has 0 aliphatic heterocycles. The van der Waals surface area contributed by atoms with Crippen LogP contribution in [0.25, 0.3) is 12.2 Å². The molecule has 28 heavy (non-hydrogen) atoms. The standard InChI is InChI=1S/C20H22N2O6/c1-5-27-20(23)16-11-15(22(24)25)12-21-17(16)10-9-14-7-6-8-18(26-4)19(14)28-13(2)3/h6-13H,5H2,1-4H3/b10-9+. The maximum Gasteiger partial charge on any atom is 0.340 e. The van der Waals surface area contributed by atoms with Gasteiger partial charge < -0.3 is 14.2 Å². The van der Waals surface area contributed by atoms with Gasteiger partial charge in [0, 0.05) is 11.6 Å². The van der Waals surface area contributed by atoms with Crippen LogP contribution in [0.1, 0.15) is 42.4 Å². The van der Waals surface area contributed by atoms with Gasteiger partial charge in [-0.15, -0.1) is 0 Å². The number of nitrogens with zero attached hydrogens (tertiary/aromatic N) is 2. The van der Waals surface area contributed by atoms with E-state index in [-0.39, 0.29) is 29.7 Å². The van der Waals surface area contributed by atoms with Crippen LogP contribution < -0.4 is 9.47 Å². The van der Waals surface area contributed by atoms with Crippen LogP contribution in [0.15, 0.2) is 30.5 Å². The molecule has 8 heteroatoms. The van der Waals surface area contributed by atoms with Crippen molar-refractivity contribution in [1.82, 2.24) is 4.98 Å². The molecule has 0 saturated carbocycles. The average Bonchev–Trinajstić information content (AvgIpc) is 2.66. The van der Waals surface area contributed by atoms with Crippen LogP contribution in [0.3, 0.4) is 0 Å². The fourth-order valence-corrected chi connectivity index (χ4v) is 2.42. The molecular weight excluding hydrogens is 364 g/mol. The van der Waals surface area contributed by atoms with E-state index in [1.54, 1.807) is 38.3 Å². The number of esters is 1. The van der Waals surface area contributed by atoms with Gasteiger partial charge in [-0.25, -0.2) is 9.78 Å². The van der Waals surface area contributed by atoms with Crippen molar-refractivity contribution in [2.45, 2.75) is 26.9 Å². The monoisotopic (exact) mass is 386 g/mol. The maximum absolute atomic E-state index is 12.2. The third kappa shape index (κ3) is 5.06. The Kier molecular flexibility index (Phi) is 7.08. The smallest absolute Gasteiger partial charge is 0.340 e. The summed E-state index contributed by atoms with van der Waals surface area (Å²) >= 11 is 0. The molecule has 2 aromatic rings. The maximum atomic E-state index is 12.2.